The van der Waals surface area contributed by atoms with E-state index < -0.39 is 15.0 Å². The van der Waals surface area contributed by atoms with Crippen LogP contribution >= 0.6 is 22.0 Å². The number of rotatable bonds is 4. The Hall–Kier alpha value is -0.590. The van der Waals surface area contributed by atoms with Gasteiger partial charge in [-0.25, -0.2) is 13.2 Å². The minimum atomic E-state index is -3.84. The summed E-state index contributed by atoms with van der Waals surface area (Å²) in [6, 6.07) is 1.40. The molecular formula is C10H11ClO4S2. The first kappa shape index (κ1) is 12.9. The van der Waals surface area contributed by atoms with Crippen LogP contribution in [0.15, 0.2) is 10.3 Å². The maximum absolute atomic E-state index is 11.2. The van der Waals surface area contributed by atoms with Crippen molar-refractivity contribution in [3.05, 3.63) is 16.5 Å². The van der Waals surface area contributed by atoms with Crippen molar-refractivity contribution in [3.8, 4) is 0 Å². The van der Waals surface area contributed by atoms with Crippen LogP contribution in [0.1, 0.15) is 34.5 Å². The van der Waals surface area contributed by atoms with Gasteiger partial charge in [-0.05, 0) is 24.0 Å². The monoisotopic (exact) mass is 294 g/mol. The standard InChI is InChI=1S/C10H11ClO4S2/c11-17(14,15)8-5-7(4-6-2-1-3-6)9(16-8)10(12)13/h5-6H,1-4H2,(H,12,13). The molecular weight excluding hydrogens is 284 g/mol. The Bertz CT molecular complexity index is 543. The van der Waals surface area contributed by atoms with Crippen molar-refractivity contribution in [1.29, 1.82) is 0 Å². The predicted molar refractivity (Wildman–Crippen MR) is 65.4 cm³/mol. The van der Waals surface area contributed by atoms with E-state index in [1.54, 1.807) is 0 Å². The van der Waals surface area contributed by atoms with Gasteiger partial charge in [0.2, 0.25) is 0 Å². The summed E-state index contributed by atoms with van der Waals surface area (Å²) in [6.45, 7) is 0. The highest BCUT2D eigenvalue weighted by Gasteiger charge is 2.25. The molecule has 0 aromatic carbocycles. The molecule has 1 aliphatic carbocycles. The van der Waals surface area contributed by atoms with Gasteiger partial charge in [0.25, 0.3) is 9.05 Å². The molecule has 1 aliphatic rings. The van der Waals surface area contributed by atoms with Crippen molar-refractivity contribution in [2.45, 2.75) is 29.9 Å². The molecule has 0 radical (unpaired) electrons. The third-order valence-electron chi connectivity index (χ3n) is 2.95. The lowest BCUT2D eigenvalue weighted by Crippen LogP contribution is -2.14. The number of halogens is 1. The highest BCUT2D eigenvalue weighted by atomic mass is 35.7. The molecule has 0 atom stereocenters. The highest BCUT2D eigenvalue weighted by molar-refractivity contribution is 8.15. The van der Waals surface area contributed by atoms with Crippen LogP contribution in [0.5, 0.6) is 0 Å². The second-order valence-electron chi connectivity index (χ2n) is 4.16. The number of carboxylic acid groups (broad SMARTS) is 1. The maximum Gasteiger partial charge on any atom is 0.346 e. The average Bonchev–Trinajstić information content (AvgIpc) is 2.54. The zero-order chi connectivity index (χ0) is 12.6. The molecule has 7 heteroatoms. The quantitative estimate of drug-likeness (QED) is 0.867. The summed E-state index contributed by atoms with van der Waals surface area (Å²) in [6.07, 6.45) is 3.96. The molecule has 0 unspecified atom stereocenters. The Morgan fingerprint density at radius 2 is 2.18 bits per heavy atom. The molecule has 0 saturated heterocycles. The van der Waals surface area contributed by atoms with Crippen LogP contribution in [0.4, 0.5) is 0 Å². The molecule has 1 aromatic rings. The molecule has 0 bridgehead atoms. The third-order valence-corrected chi connectivity index (χ3v) is 6.19. The molecule has 1 heterocycles. The molecule has 1 N–H and O–H groups in total. The van der Waals surface area contributed by atoms with Crippen LogP contribution in [0, 0.1) is 5.92 Å². The molecule has 0 amide bonds. The van der Waals surface area contributed by atoms with Gasteiger partial charge in [0.05, 0.1) is 0 Å². The van der Waals surface area contributed by atoms with Crippen molar-refractivity contribution in [3.63, 3.8) is 0 Å². The Labute approximate surface area is 108 Å². The van der Waals surface area contributed by atoms with Crippen molar-refractivity contribution >= 4 is 37.0 Å². The first-order chi connectivity index (χ1) is 7.88. The molecule has 0 aliphatic heterocycles. The van der Waals surface area contributed by atoms with Crippen LogP contribution in [0.3, 0.4) is 0 Å². The van der Waals surface area contributed by atoms with Gasteiger partial charge in [0, 0.05) is 10.7 Å². The highest BCUT2D eigenvalue weighted by Crippen LogP contribution is 2.35. The number of carboxylic acids is 1. The van der Waals surface area contributed by atoms with Crippen LogP contribution < -0.4 is 0 Å². The summed E-state index contributed by atoms with van der Waals surface area (Å²) >= 11 is 0.732. The van der Waals surface area contributed by atoms with Crippen LogP contribution in [0.25, 0.3) is 0 Å². The van der Waals surface area contributed by atoms with E-state index >= 15 is 0 Å². The Balaban J connectivity index is 2.34. The van der Waals surface area contributed by atoms with Gasteiger partial charge in [-0.3, -0.25) is 0 Å². The Kier molecular flexibility index (Phi) is 3.47. The lowest BCUT2D eigenvalue weighted by Gasteiger charge is -2.24. The van der Waals surface area contributed by atoms with Crippen molar-refractivity contribution in [2.75, 3.05) is 0 Å². The molecule has 1 aromatic heterocycles. The van der Waals surface area contributed by atoms with Crippen molar-refractivity contribution in [2.24, 2.45) is 5.92 Å². The van der Waals surface area contributed by atoms with E-state index in [0.29, 0.717) is 17.9 Å². The fourth-order valence-electron chi connectivity index (χ4n) is 1.86. The van der Waals surface area contributed by atoms with Crippen molar-refractivity contribution < 1.29 is 18.3 Å². The summed E-state index contributed by atoms with van der Waals surface area (Å²) in [5.74, 6) is -0.607. The average molecular weight is 295 g/mol. The topological polar surface area (TPSA) is 71.4 Å². The van der Waals surface area contributed by atoms with E-state index in [4.69, 9.17) is 15.8 Å². The summed E-state index contributed by atoms with van der Waals surface area (Å²) in [7, 11) is 1.39. The Morgan fingerprint density at radius 3 is 2.59 bits per heavy atom. The van der Waals surface area contributed by atoms with E-state index in [1.165, 1.54) is 6.07 Å². The molecule has 1 saturated carbocycles. The van der Waals surface area contributed by atoms with Crippen molar-refractivity contribution in [1.82, 2.24) is 0 Å². The predicted octanol–water partition coefficient (Wildman–Crippen LogP) is 2.72. The lowest BCUT2D eigenvalue weighted by molar-refractivity contribution is 0.0700. The summed E-state index contributed by atoms with van der Waals surface area (Å²) < 4.78 is 22.3. The SMILES string of the molecule is O=C(O)c1sc(S(=O)(=O)Cl)cc1CC1CCC1. The molecule has 1 fully saturated rings. The van der Waals surface area contributed by atoms with Gasteiger partial charge in [0.1, 0.15) is 9.09 Å². The van der Waals surface area contributed by atoms with E-state index in [2.05, 4.69) is 0 Å². The van der Waals surface area contributed by atoms with Gasteiger partial charge in [-0.2, -0.15) is 0 Å². The first-order valence-electron chi connectivity index (χ1n) is 5.18. The van der Waals surface area contributed by atoms with E-state index in [0.717, 1.165) is 30.6 Å². The fourth-order valence-corrected chi connectivity index (χ4v) is 3.98. The number of aromatic carboxylic acids is 1. The zero-order valence-corrected chi connectivity index (χ0v) is 11.2. The molecule has 2 rings (SSSR count). The third kappa shape index (κ3) is 2.81. The number of hydrogen-bond donors (Lipinski definition) is 1. The van der Waals surface area contributed by atoms with E-state index in [1.807, 2.05) is 0 Å². The molecule has 17 heavy (non-hydrogen) atoms. The lowest BCUT2D eigenvalue weighted by atomic mass is 9.81. The van der Waals surface area contributed by atoms with E-state index in [9.17, 15) is 13.2 Å². The molecule has 0 spiro atoms. The Morgan fingerprint density at radius 1 is 1.53 bits per heavy atom. The van der Waals surface area contributed by atoms with Gasteiger partial charge < -0.3 is 5.11 Å². The second kappa shape index (κ2) is 4.59. The van der Waals surface area contributed by atoms with Crippen LogP contribution in [0.2, 0.25) is 0 Å². The number of thiophene rings is 1. The van der Waals surface area contributed by atoms with E-state index in [-0.39, 0.29) is 9.09 Å². The largest absolute Gasteiger partial charge is 0.477 e. The van der Waals surface area contributed by atoms with Gasteiger partial charge in [-0.1, -0.05) is 19.3 Å². The van der Waals surface area contributed by atoms with Crippen LogP contribution in [-0.4, -0.2) is 19.5 Å². The normalized spacial score (nSPS) is 16.8. The minimum Gasteiger partial charge on any atom is -0.477 e. The number of hydrogen-bond acceptors (Lipinski definition) is 4. The first-order valence-corrected chi connectivity index (χ1v) is 8.31. The van der Waals surface area contributed by atoms with Crippen LogP contribution in [-0.2, 0) is 15.5 Å². The molecule has 94 valence electrons. The smallest absolute Gasteiger partial charge is 0.346 e. The maximum atomic E-state index is 11.2. The van der Waals surface area contributed by atoms with Gasteiger partial charge >= 0.3 is 5.97 Å². The van der Waals surface area contributed by atoms with Gasteiger partial charge in [0.15, 0.2) is 0 Å². The van der Waals surface area contributed by atoms with Gasteiger partial charge in [-0.15, -0.1) is 11.3 Å². The second-order valence-corrected chi connectivity index (χ2v) is 8.01. The zero-order valence-electron chi connectivity index (χ0n) is 8.85. The summed E-state index contributed by atoms with van der Waals surface area (Å²) in [4.78, 5) is 11.1. The fraction of sp³-hybridized carbons (Fsp3) is 0.500. The molecule has 4 nitrogen and oxygen atoms in total. The minimum absolute atomic E-state index is 0.0779. The number of carbonyl (C=O) groups is 1. The summed E-state index contributed by atoms with van der Waals surface area (Å²) in [5, 5.41) is 9.02. The summed E-state index contributed by atoms with van der Waals surface area (Å²) in [5.41, 5.74) is 0.589.